The molecule has 0 amide bonds. The highest BCUT2D eigenvalue weighted by Crippen LogP contribution is 2.33. The van der Waals surface area contributed by atoms with Crippen LogP contribution in [0, 0.1) is 0 Å². The maximum atomic E-state index is 6.05. The fourth-order valence-electron chi connectivity index (χ4n) is 2.27. The molecule has 4 nitrogen and oxygen atoms in total. The summed E-state index contributed by atoms with van der Waals surface area (Å²) < 4.78 is 5.89. The van der Waals surface area contributed by atoms with E-state index >= 15 is 0 Å². The van der Waals surface area contributed by atoms with E-state index in [9.17, 15) is 0 Å². The smallest absolute Gasteiger partial charge is 0.223 e. The zero-order valence-electron chi connectivity index (χ0n) is 10.2. The van der Waals surface area contributed by atoms with Crippen LogP contribution in [0.25, 0.3) is 33.3 Å². The molecule has 0 spiro atoms. The van der Waals surface area contributed by atoms with Gasteiger partial charge in [-0.3, -0.25) is 4.98 Å². The summed E-state index contributed by atoms with van der Waals surface area (Å²) in [7, 11) is 0. The van der Waals surface area contributed by atoms with Gasteiger partial charge in [-0.15, -0.1) is 0 Å². The van der Waals surface area contributed by atoms with Gasteiger partial charge in [0.25, 0.3) is 0 Å². The Hall–Kier alpha value is -2.46. The molecule has 0 radical (unpaired) electrons. The number of rotatable bonds is 1. The summed E-state index contributed by atoms with van der Waals surface area (Å²) in [4.78, 5) is 12.6. The molecule has 5 heteroatoms. The molecule has 0 aliphatic heterocycles. The van der Waals surface area contributed by atoms with Gasteiger partial charge >= 0.3 is 0 Å². The van der Waals surface area contributed by atoms with Crippen LogP contribution < -0.4 is 0 Å². The molecule has 1 aromatic carbocycles. The van der Waals surface area contributed by atoms with Crippen LogP contribution in [0.5, 0.6) is 0 Å². The van der Waals surface area contributed by atoms with Gasteiger partial charge in [0.15, 0.2) is 5.58 Å². The first-order chi connectivity index (χ1) is 9.83. The van der Waals surface area contributed by atoms with Gasteiger partial charge in [-0.2, -0.15) is 0 Å². The molecule has 4 aromatic rings. The molecule has 0 saturated heterocycles. The number of furan rings is 1. The normalized spacial score (nSPS) is 11.2. The summed E-state index contributed by atoms with van der Waals surface area (Å²) in [5, 5.41) is 1.14. The standard InChI is InChI=1S/C15H8ClN3O/c16-15-18-12(9-5-7-17-8-6-9)14-13(19-15)10-3-1-2-4-11(10)20-14/h1-8H. The fourth-order valence-corrected chi connectivity index (χ4v) is 2.44. The second-order valence-corrected chi connectivity index (χ2v) is 4.69. The predicted molar refractivity (Wildman–Crippen MR) is 77.6 cm³/mol. The van der Waals surface area contributed by atoms with Gasteiger partial charge in [-0.1, -0.05) is 12.1 Å². The molecule has 0 N–H and O–H groups in total. The SMILES string of the molecule is Clc1nc(-c2ccncc2)c2oc3ccccc3c2n1. The van der Waals surface area contributed by atoms with Crippen molar-refractivity contribution in [2.45, 2.75) is 0 Å². The third-order valence-electron chi connectivity index (χ3n) is 3.15. The minimum Gasteiger partial charge on any atom is -0.452 e. The first-order valence-corrected chi connectivity index (χ1v) is 6.46. The molecule has 4 rings (SSSR count). The topological polar surface area (TPSA) is 51.8 Å². The van der Waals surface area contributed by atoms with Gasteiger partial charge in [0.1, 0.15) is 16.8 Å². The third kappa shape index (κ3) is 1.66. The second kappa shape index (κ2) is 4.28. The van der Waals surface area contributed by atoms with E-state index in [0.29, 0.717) is 11.3 Å². The molecule has 0 aliphatic carbocycles. The van der Waals surface area contributed by atoms with Crippen molar-refractivity contribution >= 4 is 33.7 Å². The highest BCUT2D eigenvalue weighted by Gasteiger charge is 2.15. The average Bonchev–Trinajstić information content (AvgIpc) is 2.86. The molecular formula is C15H8ClN3O. The number of benzene rings is 1. The average molecular weight is 282 g/mol. The quantitative estimate of drug-likeness (QED) is 0.493. The molecule has 0 atom stereocenters. The monoisotopic (exact) mass is 281 g/mol. The number of aromatic nitrogens is 3. The van der Waals surface area contributed by atoms with Crippen molar-refractivity contribution in [2.75, 3.05) is 0 Å². The van der Waals surface area contributed by atoms with Crippen molar-refractivity contribution in [1.29, 1.82) is 0 Å². The molecule has 0 saturated carbocycles. The van der Waals surface area contributed by atoms with Gasteiger partial charge in [0, 0.05) is 23.3 Å². The third-order valence-corrected chi connectivity index (χ3v) is 3.32. The van der Waals surface area contributed by atoms with Crippen LogP contribution in [0.4, 0.5) is 0 Å². The highest BCUT2D eigenvalue weighted by atomic mass is 35.5. The summed E-state index contributed by atoms with van der Waals surface area (Å²) in [6, 6.07) is 11.5. The maximum absolute atomic E-state index is 6.05. The van der Waals surface area contributed by atoms with Crippen molar-refractivity contribution in [3.05, 3.63) is 54.1 Å². The Balaban J connectivity index is 2.16. The number of nitrogens with zero attached hydrogens (tertiary/aromatic N) is 3. The number of para-hydroxylation sites is 1. The van der Waals surface area contributed by atoms with Crippen molar-refractivity contribution in [1.82, 2.24) is 15.0 Å². The minimum atomic E-state index is 0.205. The van der Waals surface area contributed by atoms with Crippen molar-refractivity contribution in [3.63, 3.8) is 0 Å². The van der Waals surface area contributed by atoms with Gasteiger partial charge in [-0.05, 0) is 35.9 Å². The predicted octanol–water partition coefficient (Wildman–Crippen LogP) is 4.09. The Morgan fingerprint density at radius 2 is 1.75 bits per heavy atom. The lowest BCUT2D eigenvalue weighted by Gasteiger charge is -2.01. The molecule has 3 heterocycles. The second-order valence-electron chi connectivity index (χ2n) is 4.35. The molecule has 96 valence electrons. The maximum Gasteiger partial charge on any atom is 0.223 e. The summed E-state index contributed by atoms with van der Waals surface area (Å²) in [6.07, 6.45) is 3.42. The molecule has 0 aliphatic rings. The first-order valence-electron chi connectivity index (χ1n) is 6.08. The van der Waals surface area contributed by atoms with Gasteiger partial charge in [0.05, 0.1) is 0 Å². The lowest BCUT2D eigenvalue weighted by Crippen LogP contribution is -1.89. The summed E-state index contributed by atoms with van der Waals surface area (Å²) in [5.74, 6) is 0. The van der Waals surface area contributed by atoms with Crippen LogP contribution in [-0.2, 0) is 0 Å². The van der Waals surface area contributed by atoms with Crippen LogP contribution in [0.2, 0.25) is 5.28 Å². The number of halogens is 1. The van der Waals surface area contributed by atoms with Gasteiger partial charge < -0.3 is 4.42 Å². The Labute approximate surface area is 119 Å². The van der Waals surface area contributed by atoms with E-state index < -0.39 is 0 Å². The number of pyridine rings is 1. The zero-order chi connectivity index (χ0) is 13.5. The zero-order valence-corrected chi connectivity index (χ0v) is 11.0. The Bertz CT molecular complexity index is 918. The van der Waals surface area contributed by atoms with Gasteiger partial charge in [-0.25, -0.2) is 9.97 Å². The molecule has 0 fully saturated rings. The molecule has 3 aromatic heterocycles. The van der Waals surface area contributed by atoms with Crippen LogP contribution >= 0.6 is 11.6 Å². The lowest BCUT2D eigenvalue weighted by atomic mass is 10.1. The number of hydrogen-bond acceptors (Lipinski definition) is 4. The fraction of sp³-hybridized carbons (Fsp3) is 0. The van der Waals surface area contributed by atoms with Crippen molar-refractivity contribution in [3.8, 4) is 11.3 Å². The van der Waals surface area contributed by atoms with E-state index in [1.165, 1.54) is 0 Å². The van der Waals surface area contributed by atoms with Crippen LogP contribution in [0.15, 0.2) is 53.2 Å². The van der Waals surface area contributed by atoms with E-state index in [4.69, 9.17) is 16.0 Å². The molecule has 0 unspecified atom stereocenters. The first kappa shape index (κ1) is 11.4. The largest absolute Gasteiger partial charge is 0.452 e. The van der Waals surface area contributed by atoms with E-state index in [1.54, 1.807) is 12.4 Å². The molecule has 0 bridgehead atoms. The number of hydrogen-bond donors (Lipinski definition) is 0. The molecular weight excluding hydrogens is 274 g/mol. The summed E-state index contributed by atoms with van der Waals surface area (Å²) in [6.45, 7) is 0. The highest BCUT2D eigenvalue weighted by molar-refractivity contribution is 6.29. The van der Waals surface area contributed by atoms with Gasteiger partial charge in [0.2, 0.25) is 5.28 Å². The Morgan fingerprint density at radius 3 is 2.60 bits per heavy atom. The summed E-state index contributed by atoms with van der Waals surface area (Å²) >= 11 is 6.05. The lowest BCUT2D eigenvalue weighted by molar-refractivity contribution is 0.667. The van der Waals surface area contributed by atoms with E-state index in [-0.39, 0.29) is 5.28 Å². The minimum absolute atomic E-state index is 0.205. The van der Waals surface area contributed by atoms with Crippen LogP contribution in [-0.4, -0.2) is 15.0 Å². The summed E-state index contributed by atoms with van der Waals surface area (Å²) in [5.41, 5.74) is 3.72. The van der Waals surface area contributed by atoms with Crippen molar-refractivity contribution in [2.24, 2.45) is 0 Å². The Morgan fingerprint density at radius 1 is 0.950 bits per heavy atom. The van der Waals surface area contributed by atoms with E-state index in [0.717, 1.165) is 22.0 Å². The van der Waals surface area contributed by atoms with Crippen LogP contribution in [0.3, 0.4) is 0 Å². The van der Waals surface area contributed by atoms with Crippen molar-refractivity contribution < 1.29 is 4.42 Å². The number of fused-ring (bicyclic) bond motifs is 3. The Kier molecular flexibility index (Phi) is 2.44. The van der Waals surface area contributed by atoms with E-state index in [1.807, 2.05) is 36.4 Å². The van der Waals surface area contributed by atoms with Crippen LogP contribution in [0.1, 0.15) is 0 Å². The van der Waals surface area contributed by atoms with E-state index in [2.05, 4.69) is 15.0 Å². The molecule has 20 heavy (non-hydrogen) atoms.